The molecule has 0 aliphatic carbocycles. The maximum absolute atomic E-state index is 12.2. The summed E-state index contributed by atoms with van der Waals surface area (Å²) in [6.45, 7) is -2.27. The quantitative estimate of drug-likeness (QED) is 0.154. The van der Waals surface area contributed by atoms with Crippen LogP contribution in [0, 0.1) is 0 Å². The fraction of sp³-hybridized carbons (Fsp3) is 0.400. The largest absolute Gasteiger partial charge is 3.00 e. The molecule has 0 spiro atoms. The Morgan fingerprint density at radius 3 is 1.84 bits per heavy atom. The molecule has 0 bridgehead atoms. The Labute approximate surface area is 298 Å². The summed E-state index contributed by atoms with van der Waals surface area (Å²) < 4.78 is 23.0. The van der Waals surface area contributed by atoms with E-state index >= 15 is 0 Å². The Hall–Kier alpha value is 1.70. The van der Waals surface area contributed by atoms with Gasteiger partial charge in [-0.05, 0) is 16.7 Å². The predicted molar refractivity (Wildman–Crippen MR) is 109 cm³/mol. The molecular formula is C20H24FeN2Na3O10P2. The van der Waals surface area contributed by atoms with Gasteiger partial charge in [0.2, 0.25) is 0 Å². The average Bonchev–Trinajstić information content (AvgIpc) is 2.72. The Kier molecular flexibility index (Phi) is 23.9. The number of para-hydroxylation sites is 1. The van der Waals surface area contributed by atoms with Crippen molar-refractivity contribution in [1.29, 1.82) is 0 Å². The fourth-order valence-electron chi connectivity index (χ4n) is 3.47. The molecule has 0 aliphatic heterocycles. The molecule has 2 N–H and O–H groups in total. The van der Waals surface area contributed by atoms with Crippen LogP contribution in [-0.2, 0) is 45.9 Å². The molecule has 0 saturated carbocycles. The predicted octanol–water partition coefficient (Wildman–Crippen LogP) is -12.3. The number of nitrogens with zero attached hydrogens (tertiary/aromatic N) is 2. The zero-order chi connectivity index (χ0) is 25.5. The van der Waals surface area contributed by atoms with Crippen LogP contribution in [0.25, 0.3) is 0 Å². The van der Waals surface area contributed by atoms with E-state index in [0.29, 0.717) is 5.56 Å². The smallest absolute Gasteiger partial charge is 0.872 e. The summed E-state index contributed by atoms with van der Waals surface area (Å²) in [5.41, 5.74) is 0.554. The van der Waals surface area contributed by atoms with E-state index in [1.54, 1.807) is 0 Å². The second-order valence-electron chi connectivity index (χ2n) is 7.81. The van der Waals surface area contributed by atoms with Crippen molar-refractivity contribution >= 4 is 15.2 Å². The van der Waals surface area contributed by atoms with E-state index in [4.69, 9.17) is 0 Å². The third kappa shape index (κ3) is 16.4. The summed E-state index contributed by atoms with van der Waals surface area (Å²) >= 11 is 0. The molecule has 0 fully saturated rings. The average molecular weight is 639 g/mol. The van der Waals surface area contributed by atoms with Crippen LogP contribution < -0.4 is 118 Å². The van der Waals surface area contributed by atoms with Crippen molar-refractivity contribution < 1.29 is 155 Å². The van der Waals surface area contributed by atoms with E-state index in [-0.39, 0.29) is 123 Å². The Morgan fingerprint density at radius 1 is 0.789 bits per heavy atom. The Morgan fingerprint density at radius 2 is 1.34 bits per heavy atom. The molecule has 1 atom stereocenters. The summed E-state index contributed by atoms with van der Waals surface area (Å²) in [4.78, 5) is 48.0. The minimum absolute atomic E-state index is 0. The van der Waals surface area contributed by atoms with E-state index in [1.807, 2.05) is 0 Å². The SMILES string of the molecule is O=P([O-])([O-])CN(Cc1ccccc1[O-])CC(CO)N(Cc1cc(CO)ccc1[O-])CP(=O)([O-])[O-].[Fe+3].[Na+].[Na+].[Na+]. The molecule has 2 rings (SSSR count). The monoisotopic (exact) mass is 639 g/mol. The molecule has 0 aliphatic rings. The maximum Gasteiger partial charge on any atom is 3.00 e. The van der Waals surface area contributed by atoms with Gasteiger partial charge in [-0.1, -0.05) is 57.7 Å². The van der Waals surface area contributed by atoms with Crippen molar-refractivity contribution in [2.75, 3.05) is 25.7 Å². The zero-order valence-corrected chi connectivity index (χ0v) is 30.3. The maximum atomic E-state index is 12.2. The molecule has 2 aromatic carbocycles. The number of hydrogen-bond donors (Lipinski definition) is 2. The van der Waals surface area contributed by atoms with Crippen LogP contribution in [-0.4, -0.2) is 51.8 Å². The van der Waals surface area contributed by atoms with E-state index in [9.17, 15) is 49.1 Å². The minimum atomic E-state index is -5.20. The number of aliphatic hydroxyl groups excluding tert-OH is 2. The molecule has 38 heavy (non-hydrogen) atoms. The summed E-state index contributed by atoms with van der Waals surface area (Å²) in [6, 6.07) is 8.33. The fourth-order valence-corrected chi connectivity index (χ4v) is 4.95. The van der Waals surface area contributed by atoms with Crippen LogP contribution in [0.1, 0.15) is 16.7 Å². The molecular weight excluding hydrogens is 615 g/mol. The van der Waals surface area contributed by atoms with Crippen LogP contribution in [0.15, 0.2) is 42.5 Å². The summed E-state index contributed by atoms with van der Waals surface area (Å²) in [5, 5.41) is 43.5. The molecule has 0 heterocycles. The van der Waals surface area contributed by atoms with Gasteiger partial charge in [0.1, 0.15) is 0 Å². The second kappa shape index (κ2) is 20.6. The zero-order valence-electron chi connectivity index (χ0n) is 21.4. The van der Waals surface area contributed by atoms with Crippen LogP contribution in [0.4, 0.5) is 0 Å². The standard InChI is InChI=1S/C20H30N2O10P2.Fe.3Na/c23-11-15-5-6-20(26)17(7-15)9-22(14-34(30,31)32)18(12-24)10-21(13-33(27,28)29)8-16-3-1-2-4-19(16)25;;;;/h1-7,18,23-26H,8-14H2,(H2,27,28,29)(H2,30,31,32);;;;/q;+3;3*+1/p-6. The van der Waals surface area contributed by atoms with E-state index in [2.05, 4.69) is 0 Å². The van der Waals surface area contributed by atoms with Crippen LogP contribution >= 0.6 is 15.2 Å². The first kappa shape index (κ1) is 44.1. The van der Waals surface area contributed by atoms with Gasteiger partial charge in [0, 0.05) is 38.2 Å². The van der Waals surface area contributed by atoms with Crippen LogP contribution in [0.3, 0.4) is 0 Å². The van der Waals surface area contributed by atoms with Gasteiger partial charge in [-0.25, -0.2) is 0 Å². The first-order valence-corrected chi connectivity index (χ1v) is 13.5. The van der Waals surface area contributed by atoms with Crippen molar-refractivity contribution in [1.82, 2.24) is 9.80 Å². The van der Waals surface area contributed by atoms with Crippen molar-refractivity contribution in [2.24, 2.45) is 0 Å². The van der Waals surface area contributed by atoms with Gasteiger partial charge in [-0.3, -0.25) is 9.80 Å². The van der Waals surface area contributed by atoms with Gasteiger partial charge in [0.05, 0.1) is 13.2 Å². The van der Waals surface area contributed by atoms with Crippen LogP contribution in [0.5, 0.6) is 11.5 Å². The molecule has 18 heteroatoms. The molecule has 12 nitrogen and oxygen atoms in total. The van der Waals surface area contributed by atoms with E-state index in [0.717, 1.165) is 15.9 Å². The molecule has 0 saturated heterocycles. The van der Waals surface area contributed by atoms with Crippen molar-refractivity contribution in [3.05, 3.63) is 59.2 Å². The molecule has 195 valence electrons. The van der Waals surface area contributed by atoms with Crippen molar-refractivity contribution in [3.63, 3.8) is 0 Å². The summed E-state index contributed by atoms with van der Waals surface area (Å²) in [6.07, 6.45) is -2.12. The summed E-state index contributed by atoms with van der Waals surface area (Å²) in [5.74, 6) is -0.928. The first-order chi connectivity index (χ1) is 15.8. The summed E-state index contributed by atoms with van der Waals surface area (Å²) in [7, 11) is -10.3. The van der Waals surface area contributed by atoms with Crippen LogP contribution in [0.2, 0.25) is 0 Å². The van der Waals surface area contributed by atoms with Crippen molar-refractivity contribution in [3.8, 4) is 11.5 Å². The van der Waals surface area contributed by atoms with Gasteiger partial charge < -0.3 is 49.1 Å². The topological polar surface area (TPSA) is 219 Å². The third-order valence-electron chi connectivity index (χ3n) is 4.97. The molecule has 2 aromatic rings. The van der Waals surface area contributed by atoms with E-state index < -0.39 is 71.6 Å². The number of benzene rings is 2. The normalized spacial score (nSPS) is 12.1. The molecule has 1 unspecified atom stereocenters. The van der Waals surface area contributed by atoms with Gasteiger partial charge in [0.15, 0.2) is 0 Å². The number of rotatable bonds is 13. The molecule has 1 radical (unpaired) electrons. The number of hydrogen-bond acceptors (Lipinski definition) is 12. The number of aliphatic hydroxyl groups is 2. The Balaban J connectivity index is -0.00000306. The third-order valence-corrected chi connectivity index (χ3v) is 6.43. The van der Waals surface area contributed by atoms with Crippen molar-refractivity contribution in [2.45, 2.75) is 25.7 Å². The van der Waals surface area contributed by atoms with Gasteiger partial charge in [0.25, 0.3) is 0 Å². The van der Waals surface area contributed by atoms with Gasteiger partial charge >= 0.3 is 106 Å². The van der Waals surface area contributed by atoms with Gasteiger partial charge in [-0.15, -0.1) is 11.5 Å². The molecule has 0 aromatic heterocycles. The van der Waals surface area contributed by atoms with Gasteiger partial charge in [-0.2, -0.15) is 0 Å². The van der Waals surface area contributed by atoms with E-state index in [1.165, 1.54) is 36.4 Å². The first-order valence-electron chi connectivity index (χ1n) is 10.1. The Bertz CT molecular complexity index is 1060. The minimum Gasteiger partial charge on any atom is -0.872 e. The second-order valence-corrected chi connectivity index (χ2v) is 10.8. The molecule has 0 amide bonds.